The van der Waals surface area contributed by atoms with Crippen molar-refractivity contribution >= 4 is 17.3 Å². The maximum atomic E-state index is 12.6. The molecule has 0 aliphatic carbocycles. The van der Waals surface area contributed by atoms with E-state index in [4.69, 9.17) is 9.47 Å². The Kier molecular flexibility index (Phi) is 5.35. The molecule has 1 N–H and O–H groups in total. The highest BCUT2D eigenvalue weighted by Gasteiger charge is 2.29. The number of non-ortho nitro benzene ring substituents is 1. The van der Waals surface area contributed by atoms with Gasteiger partial charge in [0.1, 0.15) is 13.2 Å². The van der Waals surface area contributed by atoms with Gasteiger partial charge in [-0.15, -0.1) is 0 Å². The van der Waals surface area contributed by atoms with E-state index >= 15 is 0 Å². The van der Waals surface area contributed by atoms with Crippen molar-refractivity contribution in [2.45, 2.75) is 25.8 Å². The number of ether oxygens (including phenoxy) is 2. The van der Waals surface area contributed by atoms with E-state index in [9.17, 15) is 14.9 Å². The number of carbonyl (C=O) groups excluding carboxylic acids is 1. The lowest BCUT2D eigenvalue weighted by Gasteiger charge is -2.26. The van der Waals surface area contributed by atoms with Crippen LogP contribution in [0, 0.1) is 17.0 Å². The first kappa shape index (κ1) is 19.2. The van der Waals surface area contributed by atoms with Gasteiger partial charge < -0.3 is 14.8 Å². The fraction of sp³-hybridized carbons (Fsp3) is 0.381. The normalized spacial score (nSPS) is 18.4. The number of nitro groups is 1. The van der Waals surface area contributed by atoms with E-state index in [-0.39, 0.29) is 24.2 Å². The van der Waals surface area contributed by atoms with Gasteiger partial charge in [0, 0.05) is 18.2 Å². The molecule has 29 heavy (non-hydrogen) atoms. The highest BCUT2D eigenvalue weighted by Crippen LogP contribution is 2.38. The molecule has 2 aliphatic rings. The summed E-state index contributed by atoms with van der Waals surface area (Å²) >= 11 is 0. The Morgan fingerprint density at radius 1 is 1.21 bits per heavy atom. The lowest BCUT2D eigenvalue weighted by molar-refractivity contribution is -0.384. The summed E-state index contributed by atoms with van der Waals surface area (Å²) in [6.45, 7) is 3.95. The molecular formula is C21H23N3O5. The zero-order valence-electron chi connectivity index (χ0n) is 16.2. The highest BCUT2D eigenvalue weighted by atomic mass is 16.6. The number of carbonyl (C=O) groups is 1. The molecule has 0 unspecified atom stereocenters. The standard InChI is InChI=1S/C21H23N3O5/c1-14-4-6-16(24(26)27)12-17(14)22-21(25)13-23-8-2-3-18(23)15-5-7-19-20(11-15)29-10-9-28-19/h4-7,11-12,18H,2-3,8-10,13H2,1H3,(H,22,25)/t18-/m0/s1. The smallest absolute Gasteiger partial charge is 0.271 e. The minimum atomic E-state index is -0.465. The van der Waals surface area contributed by atoms with Crippen LogP contribution in [0.2, 0.25) is 0 Å². The van der Waals surface area contributed by atoms with Crippen molar-refractivity contribution < 1.29 is 19.2 Å². The summed E-state index contributed by atoms with van der Waals surface area (Å²) in [4.78, 5) is 25.3. The third-order valence-corrected chi connectivity index (χ3v) is 5.37. The molecular weight excluding hydrogens is 374 g/mol. The minimum Gasteiger partial charge on any atom is -0.486 e. The maximum Gasteiger partial charge on any atom is 0.271 e. The zero-order valence-corrected chi connectivity index (χ0v) is 16.2. The molecule has 0 aromatic heterocycles. The number of anilines is 1. The van der Waals surface area contributed by atoms with Crippen LogP contribution in [0.5, 0.6) is 11.5 Å². The lowest BCUT2D eigenvalue weighted by atomic mass is 10.0. The summed E-state index contributed by atoms with van der Waals surface area (Å²) < 4.78 is 11.3. The van der Waals surface area contributed by atoms with Gasteiger partial charge in [-0.1, -0.05) is 12.1 Å². The van der Waals surface area contributed by atoms with Crippen molar-refractivity contribution in [2.24, 2.45) is 0 Å². The number of amides is 1. The van der Waals surface area contributed by atoms with Crippen molar-refractivity contribution in [3.63, 3.8) is 0 Å². The highest BCUT2D eigenvalue weighted by molar-refractivity contribution is 5.93. The second-order valence-electron chi connectivity index (χ2n) is 7.34. The van der Waals surface area contributed by atoms with E-state index in [0.29, 0.717) is 18.9 Å². The molecule has 1 fully saturated rings. The summed E-state index contributed by atoms with van der Waals surface area (Å²) in [5, 5.41) is 13.8. The van der Waals surface area contributed by atoms with Crippen LogP contribution in [0.25, 0.3) is 0 Å². The fourth-order valence-corrected chi connectivity index (χ4v) is 3.89. The number of aryl methyl sites for hydroxylation is 1. The van der Waals surface area contributed by atoms with Gasteiger partial charge in [-0.05, 0) is 49.6 Å². The average molecular weight is 397 g/mol. The molecule has 0 radical (unpaired) electrons. The average Bonchev–Trinajstić information content (AvgIpc) is 3.17. The van der Waals surface area contributed by atoms with Crippen molar-refractivity contribution in [1.82, 2.24) is 4.90 Å². The Labute approximate surface area is 168 Å². The summed E-state index contributed by atoms with van der Waals surface area (Å²) in [5.41, 5.74) is 2.32. The Hall–Kier alpha value is -3.13. The summed E-state index contributed by atoms with van der Waals surface area (Å²) in [6.07, 6.45) is 1.96. The minimum absolute atomic E-state index is 0.0405. The quantitative estimate of drug-likeness (QED) is 0.613. The number of hydrogen-bond donors (Lipinski definition) is 1. The van der Waals surface area contributed by atoms with E-state index in [1.165, 1.54) is 12.1 Å². The molecule has 152 valence electrons. The van der Waals surface area contributed by atoms with E-state index < -0.39 is 4.92 Å². The number of benzene rings is 2. The van der Waals surface area contributed by atoms with E-state index in [1.54, 1.807) is 6.07 Å². The molecule has 8 heteroatoms. The number of hydrogen-bond acceptors (Lipinski definition) is 6. The van der Waals surface area contributed by atoms with Crippen LogP contribution in [-0.4, -0.2) is 42.0 Å². The Morgan fingerprint density at radius 2 is 2.00 bits per heavy atom. The van der Waals surface area contributed by atoms with E-state index in [1.807, 2.05) is 25.1 Å². The van der Waals surface area contributed by atoms with Crippen molar-refractivity contribution in [3.8, 4) is 11.5 Å². The van der Waals surface area contributed by atoms with Gasteiger partial charge in [0.25, 0.3) is 5.69 Å². The molecule has 2 heterocycles. The topological polar surface area (TPSA) is 93.9 Å². The number of likely N-dealkylation sites (tertiary alicyclic amines) is 1. The first-order valence-corrected chi connectivity index (χ1v) is 9.70. The SMILES string of the molecule is Cc1ccc([N+](=O)[O-])cc1NC(=O)CN1CCC[C@H]1c1ccc2c(c1)OCCO2. The van der Waals surface area contributed by atoms with Gasteiger partial charge in [-0.25, -0.2) is 0 Å². The Bertz CT molecular complexity index is 946. The van der Waals surface area contributed by atoms with Crippen LogP contribution in [-0.2, 0) is 4.79 Å². The van der Waals surface area contributed by atoms with Crippen LogP contribution in [0.4, 0.5) is 11.4 Å². The third kappa shape index (κ3) is 4.17. The van der Waals surface area contributed by atoms with Crippen LogP contribution < -0.4 is 14.8 Å². The van der Waals surface area contributed by atoms with E-state index in [2.05, 4.69) is 10.2 Å². The molecule has 1 saturated heterocycles. The first-order chi connectivity index (χ1) is 14.0. The molecule has 8 nitrogen and oxygen atoms in total. The van der Waals surface area contributed by atoms with Gasteiger partial charge >= 0.3 is 0 Å². The molecule has 0 bridgehead atoms. The molecule has 0 spiro atoms. The molecule has 2 aromatic carbocycles. The number of nitrogens with zero attached hydrogens (tertiary/aromatic N) is 2. The number of nitro benzene ring substituents is 1. The van der Waals surface area contributed by atoms with Gasteiger partial charge in [-0.2, -0.15) is 0 Å². The molecule has 4 rings (SSSR count). The second-order valence-corrected chi connectivity index (χ2v) is 7.34. The molecule has 1 atom stereocenters. The third-order valence-electron chi connectivity index (χ3n) is 5.37. The monoisotopic (exact) mass is 397 g/mol. The predicted molar refractivity (Wildman–Crippen MR) is 107 cm³/mol. The van der Waals surface area contributed by atoms with Crippen LogP contribution >= 0.6 is 0 Å². The van der Waals surface area contributed by atoms with Crippen molar-refractivity contribution in [2.75, 3.05) is 31.6 Å². The molecule has 0 saturated carbocycles. The first-order valence-electron chi connectivity index (χ1n) is 9.70. The zero-order chi connectivity index (χ0) is 20.4. The number of fused-ring (bicyclic) bond motifs is 1. The van der Waals surface area contributed by atoms with Gasteiger partial charge in [0.2, 0.25) is 5.91 Å². The fourth-order valence-electron chi connectivity index (χ4n) is 3.89. The van der Waals surface area contributed by atoms with Crippen LogP contribution in [0.1, 0.15) is 30.0 Å². The molecule has 2 aromatic rings. The van der Waals surface area contributed by atoms with Gasteiger partial charge in [0.05, 0.1) is 17.2 Å². The van der Waals surface area contributed by atoms with Crippen LogP contribution in [0.3, 0.4) is 0 Å². The number of rotatable bonds is 5. The van der Waals surface area contributed by atoms with Gasteiger partial charge in [0.15, 0.2) is 11.5 Å². The summed E-state index contributed by atoms with van der Waals surface area (Å²) in [6, 6.07) is 10.6. The van der Waals surface area contributed by atoms with E-state index in [0.717, 1.165) is 42.0 Å². The van der Waals surface area contributed by atoms with Crippen molar-refractivity contribution in [1.29, 1.82) is 0 Å². The summed E-state index contributed by atoms with van der Waals surface area (Å²) in [7, 11) is 0. The van der Waals surface area contributed by atoms with Gasteiger partial charge in [-0.3, -0.25) is 19.8 Å². The number of nitrogens with one attached hydrogen (secondary N) is 1. The lowest BCUT2D eigenvalue weighted by Crippen LogP contribution is -2.33. The van der Waals surface area contributed by atoms with Crippen LogP contribution in [0.15, 0.2) is 36.4 Å². The molecule has 2 aliphatic heterocycles. The molecule has 1 amide bonds. The Balaban J connectivity index is 1.45. The van der Waals surface area contributed by atoms with Crippen molar-refractivity contribution in [3.05, 3.63) is 57.6 Å². The largest absolute Gasteiger partial charge is 0.486 e. The maximum absolute atomic E-state index is 12.6. The second kappa shape index (κ2) is 8.08. The Morgan fingerprint density at radius 3 is 2.79 bits per heavy atom. The summed E-state index contributed by atoms with van der Waals surface area (Å²) in [5.74, 6) is 1.32. The predicted octanol–water partition coefficient (Wildman–Crippen LogP) is 3.45.